The zero-order valence-electron chi connectivity index (χ0n) is 9.24. The molecule has 0 aromatic heterocycles. The van der Waals surface area contributed by atoms with Crippen LogP contribution in [0.1, 0.15) is 11.6 Å². The lowest BCUT2D eigenvalue weighted by atomic mass is 10.1. The number of amides is 1. The van der Waals surface area contributed by atoms with Gasteiger partial charge in [-0.2, -0.15) is 0 Å². The number of alkyl carbamates (subject to hydrolysis) is 1. The highest BCUT2D eigenvalue weighted by Gasteiger charge is 2.20. The number of nitrogens with one attached hydrogen (secondary N) is 2. The highest BCUT2D eigenvalue weighted by Crippen LogP contribution is 2.20. The first-order chi connectivity index (χ1) is 8.19. The molecule has 0 radical (unpaired) electrons. The molecule has 1 atom stereocenters. The number of nitrogens with zero attached hydrogens (tertiary/aromatic N) is 1. The molecule has 1 heterocycles. The van der Waals surface area contributed by atoms with E-state index in [2.05, 4.69) is 20.4 Å². The molecule has 1 aromatic carbocycles. The minimum Gasteiger partial charge on any atom is -0.453 e. The molecular weight excluding hydrogens is 225 g/mol. The van der Waals surface area contributed by atoms with Crippen LogP contribution in [0.15, 0.2) is 29.3 Å². The first-order valence-corrected chi connectivity index (χ1v) is 5.11. The fourth-order valence-electron chi connectivity index (χ4n) is 1.57. The van der Waals surface area contributed by atoms with Gasteiger partial charge in [-0.25, -0.2) is 14.2 Å². The van der Waals surface area contributed by atoms with Crippen LogP contribution < -0.4 is 10.6 Å². The second-order valence-electron chi connectivity index (χ2n) is 3.55. The Hall–Kier alpha value is -2.11. The SMILES string of the molecule is COC(=O)NC1=NC(c2cccc(F)c2)CN1. The topological polar surface area (TPSA) is 62.7 Å². The van der Waals surface area contributed by atoms with Crippen LogP contribution in [0.2, 0.25) is 0 Å². The van der Waals surface area contributed by atoms with E-state index >= 15 is 0 Å². The smallest absolute Gasteiger partial charge is 0.413 e. The van der Waals surface area contributed by atoms with Crippen molar-refractivity contribution in [2.24, 2.45) is 4.99 Å². The number of carbonyl (C=O) groups excluding carboxylic acids is 1. The van der Waals surface area contributed by atoms with Gasteiger partial charge in [0.25, 0.3) is 0 Å². The first-order valence-electron chi connectivity index (χ1n) is 5.11. The molecule has 0 aliphatic carbocycles. The monoisotopic (exact) mass is 237 g/mol. The summed E-state index contributed by atoms with van der Waals surface area (Å²) in [4.78, 5) is 15.2. The second-order valence-corrected chi connectivity index (χ2v) is 3.55. The van der Waals surface area contributed by atoms with Crippen molar-refractivity contribution in [3.05, 3.63) is 35.6 Å². The number of guanidine groups is 1. The fourth-order valence-corrected chi connectivity index (χ4v) is 1.57. The molecule has 0 bridgehead atoms. The van der Waals surface area contributed by atoms with Gasteiger partial charge in [0.15, 0.2) is 0 Å². The van der Waals surface area contributed by atoms with E-state index in [-0.39, 0.29) is 11.9 Å². The van der Waals surface area contributed by atoms with Crippen molar-refractivity contribution in [1.82, 2.24) is 10.6 Å². The molecule has 1 aliphatic rings. The Morgan fingerprint density at radius 2 is 2.47 bits per heavy atom. The number of benzene rings is 1. The van der Waals surface area contributed by atoms with E-state index in [0.29, 0.717) is 12.5 Å². The summed E-state index contributed by atoms with van der Waals surface area (Å²) in [5.74, 6) is 0.0400. The van der Waals surface area contributed by atoms with Crippen molar-refractivity contribution < 1.29 is 13.9 Å². The van der Waals surface area contributed by atoms with Crippen LogP contribution in [0.5, 0.6) is 0 Å². The summed E-state index contributed by atoms with van der Waals surface area (Å²) >= 11 is 0. The molecule has 1 aromatic rings. The minimum absolute atomic E-state index is 0.196. The van der Waals surface area contributed by atoms with E-state index < -0.39 is 6.09 Å². The molecule has 1 amide bonds. The van der Waals surface area contributed by atoms with Gasteiger partial charge < -0.3 is 10.1 Å². The van der Waals surface area contributed by atoms with Gasteiger partial charge in [-0.05, 0) is 17.7 Å². The van der Waals surface area contributed by atoms with Crippen LogP contribution in [0.4, 0.5) is 9.18 Å². The summed E-state index contributed by atoms with van der Waals surface area (Å²) in [6, 6.07) is 6.03. The number of halogens is 1. The van der Waals surface area contributed by atoms with Crippen molar-refractivity contribution in [2.75, 3.05) is 13.7 Å². The molecule has 1 unspecified atom stereocenters. The minimum atomic E-state index is -0.587. The zero-order chi connectivity index (χ0) is 12.3. The van der Waals surface area contributed by atoms with Crippen molar-refractivity contribution in [1.29, 1.82) is 0 Å². The number of hydrogen-bond acceptors (Lipinski definition) is 4. The molecule has 0 spiro atoms. The van der Waals surface area contributed by atoms with Gasteiger partial charge in [0, 0.05) is 6.54 Å². The largest absolute Gasteiger partial charge is 0.453 e. The summed E-state index contributed by atoms with van der Waals surface area (Å²) < 4.78 is 17.5. The predicted octanol–water partition coefficient (Wildman–Crippen LogP) is 1.18. The maximum absolute atomic E-state index is 13.0. The Labute approximate surface area is 97.7 Å². The second kappa shape index (κ2) is 4.82. The number of aliphatic imine (C=N–C) groups is 1. The van der Waals surface area contributed by atoms with Crippen LogP contribution >= 0.6 is 0 Å². The number of carbonyl (C=O) groups is 1. The van der Waals surface area contributed by atoms with Crippen LogP contribution in [0.3, 0.4) is 0 Å². The summed E-state index contributed by atoms with van der Waals surface area (Å²) in [6.45, 7) is 0.517. The molecular formula is C11H12FN3O2. The van der Waals surface area contributed by atoms with Gasteiger partial charge >= 0.3 is 6.09 Å². The van der Waals surface area contributed by atoms with Crippen molar-refractivity contribution >= 4 is 12.1 Å². The first kappa shape index (κ1) is 11.4. The van der Waals surface area contributed by atoms with Gasteiger partial charge in [0.2, 0.25) is 5.96 Å². The molecule has 0 saturated heterocycles. The Balaban J connectivity index is 2.08. The van der Waals surface area contributed by atoms with Crippen LogP contribution in [-0.4, -0.2) is 25.7 Å². The highest BCUT2D eigenvalue weighted by atomic mass is 19.1. The van der Waals surface area contributed by atoms with Gasteiger partial charge in [0.05, 0.1) is 13.2 Å². The average Bonchev–Trinajstić information content (AvgIpc) is 2.77. The molecule has 2 N–H and O–H groups in total. The van der Waals surface area contributed by atoms with E-state index in [9.17, 15) is 9.18 Å². The van der Waals surface area contributed by atoms with Crippen molar-refractivity contribution in [2.45, 2.75) is 6.04 Å². The fraction of sp³-hybridized carbons (Fsp3) is 0.273. The maximum Gasteiger partial charge on any atom is 0.413 e. The maximum atomic E-state index is 13.0. The van der Waals surface area contributed by atoms with E-state index in [1.54, 1.807) is 12.1 Å². The normalized spacial score (nSPS) is 18.2. The highest BCUT2D eigenvalue weighted by molar-refractivity contribution is 5.94. The summed E-state index contributed by atoms with van der Waals surface area (Å²) in [5.41, 5.74) is 0.763. The molecule has 90 valence electrons. The third-order valence-corrected chi connectivity index (χ3v) is 2.39. The lowest BCUT2D eigenvalue weighted by Gasteiger charge is -2.05. The van der Waals surface area contributed by atoms with Gasteiger partial charge in [-0.3, -0.25) is 5.32 Å². The number of rotatable bonds is 1. The predicted molar refractivity (Wildman–Crippen MR) is 60.1 cm³/mol. The van der Waals surface area contributed by atoms with Gasteiger partial charge in [-0.15, -0.1) is 0 Å². The molecule has 1 aliphatic heterocycles. The Morgan fingerprint density at radius 3 is 3.18 bits per heavy atom. The van der Waals surface area contributed by atoms with E-state index in [0.717, 1.165) is 5.56 Å². The Kier molecular flexibility index (Phi) is 3.22. The molecule has 2 rings (SSSR count). The quantitative estimate of drug-likeness (QED) is 0.771. The van der Waals surface area contributed by atoms with Gasteiger partial charge in [0.1, 0.15) is 5.82 Å². The number of hydrogen-bond donors (Lipinski definition) is 2. The van der Waals surface area contributed by atoms with Gasteiger partial charge in [-0.1, -0.05) is 12.1 Å². The molecule has 5 nitrogen and oxygen atoms in total. The molecule has 6 heteroatoms. The Morgan fingerprint density at radius 1 is 1.65 bits per heavy atom. The van der Waals surface area contributed by atoms with E-state index in [1.807, 2.05) is 0 Å². The van der Waals surface area contributed by atoms with Crippen LogP contribution in [0.25, 0.3) is 0 Å². The van der Waals surface area contributed by atoms with Crippen molar-refractivity contribution in [3.63, 3.8) is 0 Å². The molecule has 0 saturated carbocycles. The summed E-state index contributed by atoms with van der Waals surface area (Å²) in [6.07, 6.45) is -0.587. The van der Waals surface area contributed by atoms with Crippen LogP contribution in [0, 0.1) is 5.82 Å². The molecule has 0 fully saturated rings. The number of ether oxygens (including phenoxy) is 1. The summed E-state index contributed by atoms with van der Waals surface area (Å²) in [5, 5.41) is 5.33. The third kappa shape index (κ3) is 2.72. The standard InChI is InChI=1S/C11H12FN3O2/c1-17-11(16)15-10-13-6-9(14-10)7-3-2-4-8(12)5-7/h2-5,9H,6H2,1H3,(H2,13,14,15,16). The van der Waals surface area contributed by atoms with Crippen molar-refractivity contribution in [3.8, 4) is 0 Å². The lowest BCUT2D eigenvalue weighted by Crippen LogP contribution is -2.37. The van der Waals surface area contributed by atoms with Crippen LogP contribution in [-0.2, 0) is 4.74 Å². The summed E-state index contributed by atoms with van der Waals surface area (Å²) in [7, 11) is 1.27. The van der Waals surface area contributed by atoms with E-state index in [4.69, 9.17) is 0 Å². The Bertz CT molecular complexity index is 462. The number of methoxy groups -OCH3 is 1. The zero-order valence-corrected chi connectivity index (χ0v) is 9.24. The van der Waals surface area contributed by atoms with E-state index in [1.165, 1.54) is 19.2 Å². The average molecular weight is 237 g/mol. The third-order valence-electron chi connectivity index (χ3n) is 2.39. The lowest BCUT2D eigenvalue weighted by molar-refractivity contribution is 0.176. The molecule has 17 heavy (non-hydrogen) atoms.